The van der Waals surface area contributed by atoms with Gasteiger partial charge in [0, 0.05) is 24.5 Å². The Bertz CT molecular complexity index is 811. The van der Waals surface area contributed by atoms with E-state index in [-0.39, 0.29) is 17.6 Å². The molecule has 1 amide bonds. The second kappa shape index (κ2) is 7.75. The van der Waals surface area contributed by atoms with Crippen LogP contribution in [0.2, 0.25) is 0 Å². The first kappa shape index (κ1) is 16.9. The fraction of sp³-hybridized carbons (Fsp3) is 0.200. The van der Waals surface area contributed by atoms with Crippen molar-refractivity contribution >= 4 is 5.91 Å². The van der Waals surface area contributed by atoms with E-state index in [1.54, 1.807) is 18.3 Å². The SMILES string of the molecule is CC(CNC(=O)c1ccc(Cn2cccn2)cc1)c1ccc(F)cc1. The van der Waals surface area contributed by atoms with E-state index in [2.05, 4.69) is 10.4 Å². The van der Waals surface area contributed by atoms with Gasteiger partial charge in [-0.25, -0.2) is 4.39 Å². The summed E-state index contributed by atoms with van der Waals surface area (Å²) < 4.78 is 14.8. The van der Waals surface area contributed by atoms with Crippen molar-refractivity contribution in [2.24, 2.45) is 0 Å². The van der Waals surface area contributed by atoms with Gasteiger partial charge in [0.2, 0.25) is 0 Å². The average molecular weight is 337 g/mol. The van der Waals surface area contributed by atoms with Crippen LogP contribution in [0, 0.1) is 5.82 Å². The Kier molecular flexibility index (Phi) is 5.23. The molecule has 0 aliphatic heterocycles. The van der Waals surface area contributed by atoms with E-state index >= 15 is 0 Å². The largest absolute Gasteiger partial charge is 0.351 e. The van der Waals surface area contributed by atoms with Gasteiger partial charge in [-0.1, -0.05) is 31.2 Å². The lowest BCUT2D eigenvalue weighted by atomic mass is 10.0. The molecule has 4 nitrogen and oxygen atoms in total. The Labute approximate surface area is 146 Å². The molecule has 0 aliphatic rings. The lowest BCUT2D eigenvalue weighted by Gasteiger charge is -2.13. The number of halogens is 1. The Balaban J connectivity index is 1.55. The molecule has 0 fully saturated rings. The van der Waals surface area contributed by atoms with Crippen LogP contribution < -0.4 is 5.32 Å². The van der Waals surface area contributed by atoms with Gasteiger partial charge in [0.05, 0.1) is 6.54 Å². The highest BCUT2D eigenvalue weighted by Crippen LogP contribution is 2.15. The summed E-state index contributed by atoms with van der Waals surface area (Å²) in [5.41, 5.74) is 2.70. The molecule has 1 heterocycles. The molecule has 3 rings (SSSR count). The average Bonchev–Trinajstić information content (AvgIpc) is 3.13. The minimum absolute atomic E-state index is 0.111. The number of hydrogen-bond donors (Lipinski definition) is 1. The molecule has 0 spiro atoms. The monoisotopic (exact) mass is 337 g/mol. The van der Waals surface area contributed by atoms with E-state index in [1.807, 2.05) is 48.1 Å². The van der Waals surface area contributed by atoms with Crippen LogP contribution in [0.5, 0.6) is 0 Å². The maximum Gasteiger partial charge on any atom is 0.251 e. The summed E-state index contributed by atoms with van der Waals surface area (Å²) in [6, 6.07) is 15.7. The molecule has 0 radical (unpaired) electrons. The fourth-order valence-corrected chi connectivity index (χ4v) is 2.60. The number of carbonyl (C=O) groups excluding carboxylic acids is 1. The van der Waals surface area contributed by atoms with Crippen LogP contribution in [-0.2, 0) is 6.54 Å². The Morgan fingerprint density at radius 1 is 1.16 bits per heavy atom. The van der Waals surface area contributed by atoms with E-state index in [1.165, 1.54) is 12.1 Å². The van der Waals surface area contributed by atoms with Crippen molar-refractivity contribution in [3.8, 4) is 0 Å². The van der Waals surface area contributed by atoms with Gasteiger partial charge < -0.3 is 5.32 Å². The predicted octanol–water partition coefficient (Wildman–Crippen LogP) is 3.60. The molecule has 5 heteroatoms. The first-order chi connectivity index (χ1) is 12.1. The van der Waals surface area contributed by atoms with E-state index in [0.717, 1.165) is 11.1 Å². The van der Waals surface area contributed by atoms with Crippen molar-refractivity contribution < 1.29 is 9.18 Å². The fourth-order valence-electron chi connectivity index (χ4n) is 2.60. The minimum atomic E-state index is -0.254. The molecule has 2 aromatic carbocycles. The molecule has 3 aromatic rings. The maximum atomic E-state index is 13.0. The van der Waals surface area contributed by atoms with Gasteiger partial charge in [0.25, 0.3) is 5.91 Å². The number of nitrogens with zero attached hydrogens (tertiary/aromatic N) is 2. The van der Waals surface area contributed by atoms with Gasteiger partial charge in [-0.2, -0.15) is 5.10 Å². The van der Waals surface area contributed by atoms with Crippen molar-refractivity contribution in [2.45, 2.75) is 19.4 Å². The van der Waals surface area contributed by atoms with Crippen molar-refractivity contribution in [2.75, 3.05) is 6.54 Å². The lowest BCUT2D eigenvalue weighted by Crippen LogP contribution is -2.27. The predicted molar refractivity (Wildman–Crippen MR) is 94.9 cm³/mol. The number of aromatic nitrogens is 2. The molecular formula is C20H20FN3O. The normalized spacial score (nSPS) is 11.9. The van der Waals surface area contributed by atoms with Gasteiger partial charge in [0.1, 0.15) is 5.82 Å². The summed E-state index contributed by atoms with van der Waals surface area (Å²) in [7, 11) is 0. The molecular weight excluding hydrogens is 317 g/mol. The molecule has 0 saturated heterocycles. The number of hydrogen-bond acceptors (Lipinski definition) is 2. The van der Waals surface area contributed by atoms with E-state index in [9.17, 15) is 9.18 Å². The summed E-state index contributed by atoms with van der Waals surface area (Å²) in [6.45, 7) is 3.18. The molecule has 0 bridgehead atoms. The number of benzene rings is 2. The highest BCUT2D eigenvalue weighted by Gasteiger charge is 2.10. The van der Waals surface area contributed by atoms with Crippen LogP contribution in [0.25, 0.3) is 0 Å². The number of amides is 1. The summed E-state index contributed by atoms with van der Waals surface area (Å²) in [4.78, 5) is 12.3. The summed E-state index contributed by atoms with van der Waals surface area (Å²) >= 11 is 0. The molecule has 128 valence electrons. The Morgan fingerprint density at radius 3 is 2.52 bits per heavy atom. The van der Waals surface area contributed by atoms with E-state index in [0.29, 0.717) is 18.7 Å². The maximum absolute atomic E-state index is 13.0. The van der Waals surface area contributed by atoms with Crippen molar-refractivity contribution in [1.29, 1.82) is 0 Å². The minimum Gasteiger partial charge on any atom is -0.351 e. The zero-order valence-corrected chi connectivity index (χ0v) is 14.0. The molecule has 1 aromatic heterocycles. The Hall–Kier alpha value is -2.95. The van der Waals surface area contributed by atoms with Crippen molar-refractivity contribution in [3.05, 3.63) is 89.5 Å². The van der Waals surface area contributed by atoms with Gasteiger partial charge in [0.15, 0.2) is 0 Å². The van der Waals surface area contributed by atoms with Crippen LogP contribution in [0.15, 0.2) is 67.0 Å². The highest BCUT2D eigenvalue weighted by atomic mass is 19.1. The second-order valence-corrected chi connectivity index (χ2v) is 6.06. The van der Waals surface area contributed by atoms with Crippen LogP contribution in [0.3, 0.4) is 0 Å². The zero-order chi connectivity index (χ0) is 17.6. The smallest absolute Gasteiger partial charge is 0.251 e. The molecule has 0 saturated carbocycles. The Morgan fingerprint density at radius 2 is 1.88 bits per heavy atom. The van der Waals surface area contributed by atoms with Crippen LogP contribution >= 0.6 is 0 Å². The summed E-state index contributed by atoms with van der Waals surface area (Å²) in [5.74, 6) is -0.251. The lowest BCUT2D eigenvalue weighted by molar-refractivity contribution is 0.0951. The number of nitrogens with one attached hydrogen (secondary N) is 1. The van der Waals surface area contributed by atoms with Crippen LogP contribution in [0.4, 0.5) is 4.39 Å². The first-order valence-corrected chi connectivity index (χ1v) is 8.22. The number of rotatable bonds is 6. The first-order valence-electron chi connectivity index (χ1n) is 8.22. The third-order valence-corrected chi connectivity index (χ3v) is 4.13. The summed E-state index contributed by atoms with van der Waals surface area (Å²) in [6.07, 6.45) is 3.64. The quantitative estimate of drug-likeness (QED) is 0.747. The zero-order valence-electron chi connectivity index (χ0n) is 14.0. The van der Waals surface area contributed by atoms with Gasteiger partial charge in [-0.15, -0.1) is 0 Å². The third kappa shape index (κ3) is 4.53. The molecule has 0 aliphatic carbocycles. The van der Waals surface area contributed by atoms with Gasteiger partial charge in [-0.3, -0.25) is 9.48 Å². The molecule has 1 unspecified atom stereocenters. The van der Waals surface area contributed by atoms with Crippen LogP contribution in [0.1, 0.15) is 34.3 Å². The van der Waals surface area contributed by atoms with E-state index < -0.39 is 0 Å². The molecule has 1 atom stereocenters. The molecule has 25 heavy (non-hydrogen) atoms. The van der Waals surface area contributed by atoms with Crippen LogP contribution in [-0.4, -0.2) is 22.2 Å². The topological polar surface area (TPSA) is 46.9 Å². The van der Waals surface area contributed by atoms with Crippen molar-refractivity contribution in [3.63, 3.8) is 0 Å². The summed E-state index contributed by atoms with van der Waals surface area (Å²) in [5, 5.41) is 7.09. The third-order valence-electron chi connectivity index (χ3n) is 4.13. The van der Waals surface area contributed by atoms with Gasteiger partial charge >= 0.3 is 0 Å². The number of carbonyl (C=O) groups is 1. The van der Waals surface area contributed by atoms with Crippen molar-refractivity contribution in [1.82, 2.24) is 15.1 Å². The standard InChI is InChI=1S/C20H20FN3O/c1-15(17-7-9-19(21)10-8-17)13-22-20(25)18-5-3-16(4-6-18)14-24-12-2-11-23-24/h2-12,15H,13-14H2,1H3,(H,22,25). The van der Waals surface area contributed by atoms with Gasteiger partial charge in [-0.05, 0) is 47.4 Å². The highest BCUT2D eigenvalue weighted by molar-refractivity contribution is 5.94. The van der Waals surface area contributed by atoms with E-state index in [4.69, 9.17) is 0 Å². The second-order valence-electron chi connectivity index (χ2n) is 6.06. The molecule has 1 N–H and O–H groups in total.